The summed E-state index contributed by atoms with van der Waals surface area (Å²) in [6.45, 7) is 4.17. The van der Waals surface area contributed by atoms with Crippen LogP contribution < -0.4 is 5.32 Å². The molecule has 0 bridgehead atoms. The van der Waals surface area contributed by atoms with Crippen LogP contribution in [0.1, 0.15) is 32.6 Å². The molecule has 0 radical (unpaired) electrons. The van der Waals surface area contributed by atoms with Crippen molar-refractivity contribution in [2.75, 3.05) is 26.2 Å². The monoisotopic (exact) mass is 270 g/mol. The number of nitrogens with zero attached hydrogens (tertiary/aromatic N) is 1. The Balaban J connectivity index is 1.76. The number of urea groups is 1. The molecule has 1 saturated heterocycles. The molecule has 2 aliphatic rings. The van der Waals surface area contributed by atoms with E-state index in [1.165, 1.54) is 12.8 Å². The summed E-state index contributed by atoms with van der Waals surface area (Å²) in [5.74, 6) is -0.893. The van der Waals surface area contributed by atoms with Crippen LogP contribution in [0, 0.1) is 5.41 Å². The van der Waals surface area contributed by atoms with E-state index in [-0.39, 0.29) is 12.5 Å². The molecule has 0 aromatic rings. The second-order valence-electron chi connectivity index (χ2n) is 5.55. The molecular formula is C13H22N2O4. The van der Waals surface area contributed by atoms with Crippen LogP contribution >= 0.6 is 0 Å². The van der Waals surface area contributed by atoms with Gasteiger partial charge in [-0.05, 0) is 24.7 Å². The number of carbonyl (C=O) groups excluding carboxylic acids is 1. The highest BCUT2D eigenvalue weighted by Gasteiger charge is 2.41. The molecule has 1 aliphatic heterocycles. The summed E-state index contributed by atoms with van der Waals surface area (Å²) in [4.78, 5) is 24.3. The zero-order chi connectivity index (χ0) is 13.9. The topological polar surface area (TPSA) is 78.9 Å². The smallest absolute Gasteiger partial charge is 0.317 e. The zero-order valence-electron chi connectivity index (χ0n) is 11.4. The van der Waals surface area contributed by atoms with E-state index in [0.29, 0.717) is 25.1 Å². The van der Waals surface area contributed by atoms with Crippen LogP contribution in [0.25, 0.3) is 0 Å². The van der Waals surface area contributed by atoms with Gasteiger partial charge in [0.15, 0.2) is 0 Å². The number of aliphatic carboxylic acids is 1. The summed E-state index contributed by atoms with van der Waals surface area (Å²) >= 11 is 0. The number of ether oxygens (including phenoxy) is 1. The second-order valence-corrected chi connectivity index (χ2v) is 5.55. The van der Waals surface area contributed by atoms with E-state index < -0.39 is 12.1 Å². The Morgan fingerprint density at radius 3 is 2.79 bits per heavy atom. The summed E-state index contributed by atoms with van der Waals surface area (Å²) in [6.07, 6.45) is 3.03. The Morgan fingerprint density at radius 2 is 2.21 bits per heavy atom. The third-order valence-corrected chi connectivity index (χ3v) is 4.15. The van der Waals surface area contributed by atoms with Crippen LogP contribution in [-0.4, -0.2) is 54.4 Å². The first kappa shape index (κ1) is 14.1. The van der Waals surface area contributed by atoms with Crippen LogP contribution in [-0.2, 0) is 9.53 Å². The van der Waals surface area contributed by atoms with Crippen LogP contribution in [0.15, 0.2) is 0 Å². The first-order valence-corrected chi connectivity index (χ1v) is 6.91. The summed E-state index contributed by atoms with van der Waals surface area (Å²) in [7, 11) is 0. The molecule has 2 rings (SSSR count). The number of rotatable bonds is 5. The largest absolute Gasteiger partial charge is 0.481 e. The van der Waals surface area contributed by atoms with Crippen molar-refractivity contribution in [3.63, 3.8) is 0 Å². The highest BCUT2D eigenvalue weighted by atomic mass is 16.5. The molecule has 1 atom stereocenters. The number of carboxylic acids is 1. The van der Waals surface area contributed by atoms with Gasteiger partial charge in [-0.15, -0.1) is 0 Å². The van der Waals surface area contributed by atoms with E-state index in [1.807, 2.05) is 0 Å². The molecule has 0 aromatic carbocycles. The Bertz CT molecular complexity index is 355. The minimum absolute atomic E-state index is 0.0529. The normalized spacial score (nSPS) is 24.9. The van der Waals surface area contributed by atoms with Crippen molar-refractivity contribution in [2.45, 2.75) is 38.7 Å². The molecule has 2 amide bonds. The SMILES string of the molecule is CCC1(CNC(=O)N2CCOC(CC(=O)O)C2)CC1. The summed E-state index contributed by atoms with van der Waals surface area (Å²) in [6, 6.07) is -0.0987. The lowest BCUT2D eigenvalue weighted by molar-refractivity contribution is -0.141. The van der Waals surface area contributed by atoms with Crippen LogP contribution in [0.5, 0.6) is 0 Å². The van der Waals surface area contributed by atoms with Crippen molar-refractivity contribution in [3.8, 4) is 0 Å². The molecule has 1 saturated carbocycles. The van der Waals surface area contributed by atoms with E-state index in [4.69, 9.17) is 9.84 Å². The minimum atomic E-state index is -0.893. The maximum absolute atomic E-state index is 12.0. The third kappa shape index (κ3) is 3.83. The molecule has 0 aromatic heterocycles. The summed E-state index contributed by atoms with van der Waals surface area (Å²) < 4.78 is 5.35. The van der Waals surface area contributed by atoms with Crippen LogP contribution in [0.3, 0.4) is 0 Å². The molecule has 2 fully saturated rings. The highest BCUT2D eigenvalue weighted by Crippen LogP contribution is 2.47. The van der Waals surface area contributed by atoms with Gasteiger partial charge in [0.2, 0.25) is 0 Å². The minimum Gasteiger partial charge on any atom is -0.481 e. The van der Waals surface area contributed by atoms with Crippen LogP contribution in [0.4, 0.5) is 4.79 Å². The fourth-order valence-corrected chi connectivity index (χ4v) is 2.43. The van der Waals surface area contributed by atoms with Gasteiger partial charge in [0.1, 0.15) is 0 Å². The maximum Gasteiger partial charge on any atom is 0.317 e. The standard InChI is InChI=1S/C13H22N2O4/c1-2-13(3-4-13)9-14-12(18)15-5-6-19-10(8-15)7-11(16)17/h10H,2-9H2,1H3,(H,14,18)(H,16,17). The van der Waals surface area contributed by atoms with E-state index in [1.54, 1.807) is 4.90 Å². The Kier molecular flexibility index (Phi) is 4.29. The molecule has 6 heteroatoms. The predicted molar refractivity (Wildman–Crippen MR) is 68.9 cm³/mol. The number of nitrogens with one attached hydrogen (secondary N) is 1. The highest BCUT2D eigenvalue weighted by molar-refractivity contribution is 5.74. The predicted octanol–water partition coefficient (Wildman–Crippen LogP) is 1.06. The van der Waals surface area contributed by atoms with Crippen molar-refractivity contribution in [3.05, 3.63) is 0 Å². The molecule has 1 aliphatic carbocycles. The van der Waals surface area contributed by atoms with Gasteiger partial charge in [-0.25, -0.2) is 4.79 Å². The van der Waals surface area contributed by atoms with E-state index in [9.17, 15) is 9.59 Å². The molecule has 1 unspecified atom stereocenters. The average molecular weight is 270 g/mol. The number of hydrogen-bond donors (Lipinski definition) is 2. The Morgan fingerprint density at radius 1 is 1.47 bits per heavy atom. The van der Waals surface area contributed by atoms with Gasteiger partial charge in [-0.1, -0.05) is 6.92 Å². The van der Waals surface area contributed by atoms with Crippen molar-refractivity contribution in [2.24, 2.45) is 5.41 Å². The fraction of sp³-hybridized carbons (Fsp3) is 0.846. The number of amides is 2. The number of carbonyl (C=O) groups is 2. The lowest BCUT2D eigenvalue weighted by Crippen LogP contribution is -2.50. The van der Waals surface area contributed by atoms with Crippen molar-refractivity contribution in [1.29, 1.82) is 0 Å². The molecular weight excluding hydrogens is 248 g/mol. The van der Waals surface area contributed by atoms with E-state index in [2.05, 4.69) is 12.2 Å². The van der Waals surface area contributed by atoms with Gasteiger partial charge in [0, 0.05) is 19.6 Å². The molecule has 6 nitrogen and oxygen atoms in total. The number of hydrogen-bond acceptors (Lipinski definition) is 3. The molecule has 2 N–H and O–H groups in total. The van der Waals surface area contributed by atoms with Gasteiger partial charge in [-0.2, -0.15) is 0 Å². The first-order chi connectivity index (χ1) is 9.04. The van der Waals surface area contributed by atoms with Gasteiger partial charge in [0.05, 0.1) is 19.1 Å². The van der Waals surface area contributed by atoms with Gasteiger partial charge in [0.25, 0.3) is 0 Å². The van der Waals surface area contributed by atoms with E-state index >= 15 is 0 Å². The van der Waals surface area contributed by atoms with Crippen molar-refractivity contribution < 1.29 is 19.4 Å². The fourth-order valence-electron chi connectivity index (χ4n) is 2.43. The molecule has 108 valence electrons. The Hall–Kier alpha value is -1.30. The number of carboxylic acid groups (broad SMARTS) is 1. The summed E-state index contributed by atoms with van der Waals surface area (Å²) in [5, 5.41) is 11.7. The lowest BCUT2D eigenvalue weighted by Gasteiger charge is -2.32. The van der Waals surface area contributed by atoms with Crippen molar-refractivity contribution in [1.82, 2.24) is 10.2 Å². The van der Waals surface area contributed by atoms with Crippen LogP contribution in [0.2, 0.25) is 0 Å². The van der Waals surface area contributed by atoms with Gasteiger partial charge < -0.3 is 20.1 Å². The van der Waals surface area contributed by atoms with Crippen molar-refractivity contribution >= 4 is 12.0 Å². The lowest BCUT2D eigenvalue weighted by atomic mass is 10.0. The average Bonchev–Trinajstić information content (AvgIpc) is 3.16. The number of morpholine rings is 1. The molecule has 1 heterocycles. The van der Waals surface area contributed by atoms with Gasteiger partial charge >= 0.3 is 12.0 Å². The maximum atomic E-state index is 12.0. The molecule has 0 spiro atoms. The zero-order valence-corrected chi connectivity index (χ0v) is 11.4. The second kappa shape index (κ2) is 5.77. The van der Waals surface area contributed by atoms with E-state index in [0.717, 1.165) is 13.0 Å². The Labute approximate surface area is 113 Å². The van der Waals surface area contributed by atoms with Gasteiger partial charge in [-0.3, -0.25) is 4.79 Å². The molecule has 19 heavy (non-hydrogen) atoms. The summed E-state index contributed by atoms with van der Waals surface area (Å²) in [5.41, 5.74) is 0.322. The first-order valence-electron chi connectivity index (χ1n) is 6.91. The quantitative estimate of drug-likeness (QED) is 0.783. The third-order valence-electron chi connectivity index (χ3n) is 4.15.